The first-order valence-electron chi connectivity index (χ1n) is 13.7. The van der Waals surface area contributed by atoms with E-state index in [9.17, 15) is 14.9 Å². The fourth-order valence-corrected chi connectivity index (χ4v) is 5.61. The molecule has 1 saturated heterocycles. The number of aromatic nitrogens is 1. The van der Waals surface area contributed by atoms with Gasteiger partial charge in [-0.3, -0.25) is 20.0 Å². The van der Waals surface area contributed by atoms with Crippen molar-refractivity contribution in [3.8, 4) is 11.3 Å². The molecule has 0 aliphatic carbocycles. The minimum Gasteiger partial charge on any atom is -0.461 e. The molecule has 206 valence electrons. The number of pyridine rings is 1. The van der Waals surface area contributed by atoms with E-state index in [0.717, 1.165) is 42.9 Å². The van der Waals surface area contributed by atoms with Crippen molar-refractivity contribution in [2.24, 2.45) is 0 Å². The first kappa shape index (κ1) is 27.3. The van der Waals surface area contributed by atoms with Crippen LogP contribution in [-0.2, 0) is 9.53 Å². The normalized spacial score (nSPS) is 18.1. The number of allylic oxidation sites excluding steroid dienone is 3. The monoisotopic (exact) mass is 538 g/mol. The number of carbonyl (C=O) groups is 1. The van der Waals surface area contributed by atoms with Crippen molar-refractivity contribution in [3.05, 3.63) is 117 Å². The van der Waals surface area contributed by atoms with Crippen LogP contribution in [0, 0.1) is 10.1 Å². The summed E-state index contributed by atoms with van der Waals surface area (Å²) in [6.45, 7) is 6.89. The molecule has 5 rings (SSSR count). The number of nitrogens with zero attached hydrogens (tertiary/aromatic N) is 3. The number of non-ortho nitro benzene ring substituents is 1. The summed E-state index contributed by atoms with van der Waals surface area (Å²) in [6.07, 6.45) is 5.95. The van der Waals surface area contributed by atoms with Crippen molar-refractivity contribution < 1.29 is 14.5 Å². The molecule has 0 radical (unpaired) electrons. The standard InChI is InChI=1S/C32H34N4O4/c1-22-19-29(27-11-12-30(33-21-27)26-9-6-10-28(20-26)36(38)39)31(23(2)34-22)32(37)40-18-17-35-15-13-25(14-16-35)24-7-4-3-5-8-24/h3-12,19-21,25,29,34H,13-18H2,1-2H3. The fraction of sp³-hybridized carbons (Fsp3) is 0.312. The first-order chi connectivity index (χ1) is 19.4. The third-order valence-electron chi connectivity index (χ3n) is 7.73. The van der Waals surface area contributed by atoms with E-state index >= 15 is 0 Å². The highest BCUT2D eigenvalue weighted by Gasteiger charge is 2.29. The second-order valence-corrected chi connectivity index (χ2v) is 10.4. The number of hydrogen-bond donors (Lipinski definition) is 1. The number of nitro groups is 1. The zero-order chi connectivity index (χ0) is 28.1. The molecule has 0 amide bonds. The maximum Gasteiger partial charge on any atom is 0.336 e. The van der Waals surface area contributed by atoms with Crippen molar-refractivity contribution in [3.63, 3.8) is 0 Å². The Morgan fingerprint density at radius 2 is 1.82 bits per heavy atom. The van der Waals surface area contributed by atoms with Gasteiger partial charge in [-0.25, -0.2) is 4.79 Å². The van der Waals surface area contributed by atoms with Gasteiger partial charge >= 0.3 is 5.97 Å². The lowest BCUT2D eigenvalue weighted by Gasteiger charge is -2.32. The molecular formula is C32H34N4O4. The fourth-order valence-electron chi connectivity index (χ4n) is 5.61. The number of hydrogen-bond acceptors (Lipinski definition) is 7. The Morgan fingerprint density at radius 3 is 2.52 bits per heavy atom. The van der Waals surface area contributed by atoms with Crippen LogP contribution in [0.25, 0.3) is 11.3 Å². The highest BCUT2D eigenvalue weighted by Crippen LogP contribution is 2.34. The van der Waals surface area contributed by atoms with Gasteiger partial charge in [0.2, 0.25) is 0 Å². The van der Waals surface area contributed by atoms with Crippen molar-refractivity contribution in [2.45, 2.75) is 38.5 Å². The summed E-state index contributed by atoms with van der Waals surface area (Å²) >= 11 is 0. The van der Waals surface area contributed by atoms with Gasteiger partial charge in [0.1, 0.15) is 6.61 Å². The molecule has 3 aromatic rings. The molecule has 8 nitrogen and oxygen atoms in total. The van der Waals surface area contributed by atoms with Crippen LogP contribution in [0.2, 0.25) is 0 Å². The number of ether oxygens (including phenoxy) is 1. The number of benzene rings is 2. The van der Waals surface area contributed by atoms with Crippen LogP contribution in [0.4, 0.5) is 5.69 Å². The molecule has 1 N–H and O–H groups in total. The summed E-state index contributed by atoms with van der Waals surface area (Å²) in [7, 11) is 0. The number of dihydropyridines is 1. The zero-order valence-electron chi connectivity index (χ0n) is 22.9. The van der Waals surface area contributed by atoms with Crippen molar-refractivity contribution in [1.82, 2.24) is 15.2 Å². The molecule has 8 heteroatoms. The van der Waals surface area contributed by atoms with E-state index in [1.165, 1.54) is 17.7 Å². The third kappa shape index (κ3) is 6.29. The van der Waals surface area contributed by atoms with Crippen molar-refractivity contribution in [2.75, 3.05) is 26.2 Å². The molecule has 1 aromatic heterocycles. The van der Waals surface area contributed by atoms with Gasteiger partial charge < -0.3 is 10.1 Å². The Balaban J connectivity index is 1.21. The molecule has 1 atom stereocenters. The maximum atomic E-state index is 13.3. The smallest absolute Gasteiger partial charge is 0.336 e. The summed E-state index contributed by atoms with van der Waals surface area (Å²) < 4.78 is 5.79. The zero-order valence-corrected chi connectivity index (χ0v) is 22.9. The predicted molar refractivity (Wildman–Crippen MR) is 154 cm³/mol. The van der Waals surface area contributed by atoms with E-state index in [2.05, 4.69) is 45.5 Å². The van der Waals surface area contributed by atoms with E-state index in [1.807, 2.05) is 32.1 Å². The Morgan fingerprint density at radius 1 is 1.05 bits per heavy atom. The van der Waals surface area contributed by atoms with E-state index in [1.54, 1.807) is 18.3 Å². The second-order valence-electron chi connectivity index (χ2n) is 10.4. The average molecular weight is 539 g/mol. The Bertz CT molecular complexity index is 1420. The number of nitrogens with one attached hydrogen (secondary N) is 1. The third-order valence-corrected chi connectivity index (χ3v) is 7.73. The van der Waals surface area contributed by atoms with Crippen molar-refractivity contribution in [1.29, 1.82) is 0 Å². The maximum absolute atomic E-state index is 13.3. The number of esters is 1. The molecule has 2 aliphatic rings. The number of likely N-dealkylation sites (tertiary alicyclic amines) is 1. The van der Waals surface area contributed by atoms with Crippen LogP contribution in [-0.4, -0.2) is 47.0 Å². The molecule has 3 heterocycles. The Hall–Kier alpha value is -4.30. The minimum absolute atomic E-state index is 0.0180. The summed E-state index contributed by atoms with van der Waals surface area (Å²) in [5.41, 5.74) is 5.85. The average Bonchev–Trinajstić information content (AvgIpc) is 2.97. The van der Waals surface area contributed by atoms with Gasteiger partial charge in [-0.05, 0) is 62.9 Å². The molecule has 40 heavy (non-hydrogen) atoms. The Labute approximate surface area is 234 Å². The molecule has 0 bridgehead atoms. The molecule has 1 unspecified atom stereocenters. The minimum atomic E-state index is -0.418. The van der Waals surface area contributed by atoms with Gasteiger partial charge in [0.05, 0.1) is 16.2 Å². The van der Waals surface area contributed by atoms with E-state index in [4.69, 9.17) is 4.74 Å². The number of piperidine rings is 1. The lowest BCUT2D eigenvalue weighted by Crippen LogP contribution is -2.36. The van der Waals surface area contributed by atoms with Gasteiger partial charge in [0.15, 0.2) is 0 Å². The lowest BCUT2D eigenvalue weighted by atomic mass is 9.87. The van der Waals surface area contributed by atoms with E-state index in [0.29, 0.717) is 35.9 Å². The van der Waals surface area contributed by atoms with Gasteiger partial charge in [-0.2, -0.15) is 0 Å². The van der Waals surface area contributed by atoms with Crippen LogP contribution in [0.5, 0.6) is 0 Å². The van der Waals surface area contributed by atoms with Gasteiger partial charge in [0.25, 0.3) is 5.69 Å². The largest absolute Gasteiger partial charge is 0.461 e. The van der Waals surface area contributed by atoms with Gasteiger partial charge in [0, 0.05) is 47.7 Å². The molecular weight excluding hydrogens is 504 g/mol. The molecule has 2 aromatic carbocycles. The Kier molecular flexibility index (Phi) is 8.36. The predicted octanol–water partition coefficient (Wildman–Crippen LogP) is 5.94. The number of rotatable bonds is 8. The van der Waals surface area contributed by atoms with Crippen LogP contribution < -0.4 is 5.32 Å². The first-order valence-corrected chi connectivity index (χ1v) is 13.7. The lowest BCUT2D eigenvalue weighted by molar-refractivity contribution is -0.384. The quantitative estimate of drug-likeness (QED) is 0.215. The van der Waals surface area contributed by atoms with E-state index < -0.39 is 4.92 Å². The SMILES string of the molecule is CC1=CC(c2ccc(-c3cccc([N+](=O)[O-])c3)nc2)C(C(=O)OCCN2CCC(c3ccccc3)CC2)=C(C)N1. The topological polar surface area (TPSA) is 97.6 Å². The summed E-state index contributed by atoms with van der Waals surface area (Å²) in [5.74, 6) is -0.0448. The summed E-state index contributed by atoms with van der Waals surface area (Å²) in [4.78, 5) is 31.0. The van der Waals surface area contributed by atoms with Gasteiger partial charge in [-0.1, -0.05) is 54.6 Å². The summed E-state index contributed by atoms with van der Waals surface area (Å²) in [6, 6.07) is 20.8. The highest BCUT2D eigenvalue weighted by molar-refractivity contribution is 5.92. The van der Waals surface area contributed by atoms with Crippen molar-refractivity contribution >= 4 is 11.7 Å². The molecule has 2 aliphatic heterocycles. The van der Waals surface area contributed by atoms with Gasteiger partial charge in [-0.15, -0.1) is 0 Å². The van der Waals surface area contributed by atoms with Crippen LogP contribution in [0.15, 0.2) is 96.0 Å². The number of carbonyl (C=O) groups excluding carboxylic acids is 1. The molecule has 1 fully saturated rings. The summed E-state index contributed by atoms with van der Waals surface area (Å²) in [5, 5.41) is 14.4. The van der Waals surface area contributed by atoms with Crippen LogP contribution in [0.1, 0.15) is 49.7 Å². The molecule has 0 spiro atoms. The number of nitro benzene ring substituents is 1. The highest BCUT2D eigenvalue weighted by atomic mass is 16.6. The second kappa shape index (κ2) is 12.3. The van der Waals surface area contributed by atoms with E-state index in [-0.39, 0.29) is 17.6 Å². The van der Waals surface area contributed by atoms with Crippen LogP contribution >= 0.6 is 0 Å². The van der Waals surface area contributed by atoms with Crippen LogP contribution in [0.3, 0.4) is 0 Å². The molecule has 0 saturated carbocycles.